The van der Waals surface area contributed by atoms with Gasteiger partial charge >= 0.3 is 0 Å². The third-order valence-corrected chi connectivity index (χ3v) is 4.73. The van der Waals surface area contributed by atoms with Crippen molar-refractivity contribution in [3.63, 3.8) is 0 Å². The van der Waals surface area contributed by atoms with E-state index >= 15 is 0 Å². The summed E-state index contributed by atoms with van der Waals surface area (Å²) in [5, 5.41) is 19.9. The fourth-order valence-electron chi connectivity index (χ4n) is 2.22. The van der Waals surface area contributed by atoms with E-state index in [-0.39, 0.29) is 12.6 Å². The molecule has 2 N–H and O–H groups in total. The topological polar surface area (TPSA) is 75.9 Å². The number of aromatic nitrogens is 4. The number of hydrogen-bond donors (Lipinski definition) is 2. The number of aryl methyl sites for hydroxylation is 1. The molecular formula is C13H14BrN5OS. The molecule has 0 aromatic carbocycles. The molecular weight excluding hydrogens is 354 g/mol. The highest BCUT2D eigenvalue weighted by Gasteiger charge is 2.18. The smallest absolute Gasteiger partial charge is 0.164 e. The molecule has 3 heterocycles. The van der Waals surface area contributed by atoms with Gasteiger partial charge in [0.05, 0.1) is 11.4 Å². The van der Waals surface area contributed by atoms with Gasteiger partial charge in [0, 0.05) is 18.5 Å². The summed E-state index contributed by atoms with van der Waals surface area (Å²) < 4.78 is 2.41. The van der Waals surface area contributed by atoms with Crippen LogP contribution in [0.1, 0.15) is 17.3 Å². The molecule has 0 aliphatic rings. The van der Waals surface area contributed by atoms with E-state index in [9.17, 15) is 5.11 Å². The predicted octanol–water partition coefficient (Wildman–Crippen LogP) is 2.72. The Kier molecular flexibility index (Phi) is 4.18. The second-order valence-corrected chi connectivity index (χ2v) is 6.29. The number of hydrogen-bond acceptors (Lipinski definition) is 6. The number of aliphatic hydroxyl groups excluding tert-OH is 1. The third-order valence-electron chi connectivity index (χ3n) is 3.19. The molecule has 0 saturated carbocycles. The SMILES string of the molecule is Cn1nc(Br)c2c(NC(CCO)c3cccs3)ncnc21. The molecule has 8 heteroatoms. The van der Waals surface area contributed by atoms with Gasteiger partial charge in [-0.05, 0) is 33.8 Å². The van der Waals surface area contributed by atoms with Crippen LogP contribution in [0.3, 0.4) is 0 Å². The standard InChI is InChI=1S/C13H14BrN5OS/c1-19-13-10(11(14)18-19)12(15-7-16-13)17-8(4-5-20)9-3-2-6-21-9/h2-3,6-8,20H,4-5H2,1H3,(H,15,16,17). The van der Waals surface area contributed by atoms with Crippen molar-refractivity contribution in [3.05, 3.63) is 33.3 Å². The van der Waals surface area contributed by atoms with Crippen molar-refractivity contribution in [1.82, 2.24) is 19.7 Å². The Balaban J connectivity index is 2.00. The van der Waals surface area contributed by atoms with Crippen molar-refractivity contribution in [2.24, 2.45) is 7.05 Å². The van der Waals surface area contributed by atoms with Crippen molar-refractivity contribution < 1.29 is 5.11 Å². The first-order valence-electron chi connectivity index (χ1n) is 6.44. The summed E-state index contributed by atoms with van der Waals surface area (Å²) in [4.78, 5) is 9.74. The van der Waals surface area contributed by atoms with Crippen LogP contribution in [0, 0.1) is 0 Å². The highest BCUT2D eigenvalue weighted by atomic mass is 79.9. The van der Waals surface area contributed by atoms with E-state index in [1.165, 1.54) is 6.33 Å². The van der Waals surface area contributed by atoms with Gasteiger partial charge in [-0.3, -0.25) is 0 Å². The number of nitrogens with zero attached hydrogens (tertiary/aromatic N) is 4. The van der Waals surface area contributed by atoms with Gasteiger partial charge in [-0.1, -0.05) is 6.07 Å². The van der Waals surface area contributed by atoms with Gasteiger partial charge in [-0.25, -0.2) is 14.6 Å². The fraction of sp³-hybridized carbons (Fsp3) is 0.308. The highest BCUT2D eigenvalue weighted by Crippen LogP contribution is 2.31. The highest BCUT2D eigenvalue weighted by molar-refractivity contribution is 9.10. The van der Waals surface area contributed by atoms with Crippen molar-refractivity contribution >= 4 is 44.1 Å². The molecule has 6 nitrogen and oxygen atoms in total. The average Bonchev–Trinajstić information content (AvgIpc) is 3.08. The summed E-state index contributed by atoms with van der Waals surface area (Å²) >= 11 is 5.10. The number of thiophene rings is 1. The van der Waals surface area contributed by atoms with Crippen molar-refractivity contribution in [3.8, 4) is 0 Å². The lowest BCUT2D eigenvalue weighted by Gasteiger charge is -2.17. The lowest BCUT2D eigenvalue weighted by molar-refractivity contribution is 0.280. The lowest BCUT2D eigenvalue weighted by atomic mass is 10.1. The van der Waals surface area contributed by atoms with Crippen LogP contribution >= 0.6 is 27.3 Å². The number of aliphatic hydroxyl groups is 1. The zero-order valence-electron chi connectivity index (χ0n) is 11.3. The molecule has 110 valence electrons. The first-order valence-corrected chi connectivity index (χ1v) is 8.12. The molecule has 3 aromatic heterocycles. The van der Waals surface area contributed by atoms with Crippen LogP contribution < -0.4 is 5.32 Å². The molecule has 0 amide bonds. The maximum Gasteiger partial charge on any atom is 0.164 e. The second kappa shape index (κ2) is 6.08. The number of anilines is 1. The molecule has 0 fully saturated rings. The maximum absolute atomic E-state index is 9.29. The van der Waals surface area contributed by atoms with Crippen LogP contribution in [0.25, 0.3) is 11.0 Å². The molecule has 21 heavy (non-hydrogen) atoms. The minimum atomic E-state index is 0.0141. The Morgan fingerprint density at radius 2 is 2.33 bits per heavy atom. The lowest BCUT2D eigenvalue weighted by Crippen LogP contribution is -2.12. The Morgan fingerprint density at radius 3 is 3.05 bits per heavy atom. The molecule has 1 unspecified atom stereocenters. The number of nitrogens with one attached hydrogen (secondary N) is 1. The normalized spacial score (nSPS) is 12.7. The number of rotatable bonds is 5. The van der Waals surface area contributed by atoms with E-state index in [1.807, 2.05) is 18.5 Å². The van der Waals surface area contributed by atoms with E-state index in [4.69, 9.17) is 0 Å². The van der Waals surface area contributed by atoms with Crippen molar-refractivity contribution in [2.75, 3.05) is 11.9 Å². The largest absolute Gasteiger partial charge is 0.396 e. The zero-order chi connectivity index (χ0) is 14.8. The van der Waals surface area contributed by atoms with Crippen LogP contribution in [0.2, 0.25) is 0 Å². The Hall–Kier alpha value is -1.51. The molecule has 0 saturated heterocycles. The summed E-state index contributed by atoms with van der Waals surface area (Å²) in [6.45, 7) is 0.109. The summed E-state index contributed by atoms with van der Waals surface area (Å²) in [5.74, 6) is 0.715. The van der Waals surface area contributed by atoms with Crippen LogP contribution in [0.5, 0.6) is 0 Å². The molecule has 3 aromatic rings. The van der Waals surface area contributed by atoms with E-state index in [2.05, 4.69) is 42.4 Å². The monoisotopic (exact) mass is 367 g/mol. The first-order chi connectivity index (χ1) is 10.2. The van der Waals surface area contributed by atoms with Gasteiger partial charge in [-0.15, -0.1) is 11.3 Å². The van der Waals surface area contributed by atoms with Crippen LogP contribution in [-0.4, -0.2) is 31.5 Å². The fourth-order valence-corrected chi connectivity index (χ4v) is 3.63. The Labute approximate surface area is 134 Å². The minimum Gasteiger partial charge on any atom is -0.396 e. The van der Waals surface area contributed by atoms with E-state index in [0.717, 1.165) is 15.9 Å². The van der Waals surface area contributed by atoms with Crippen LogP contribution in [0.15, 0.2) is 28.4 Å². The molecule has 0 bridgehead atoms. The number of fused-ring (bicyclic) bond motifs is 1. The molecule has 0 aliphatic carbocycles. The average molecular weight is 368 g/mol. The Bertz CT molecular complexity index is 742. The van der Waals surface area contributed by atoms with Gasteiger partial charge in [0.1, 0.15) is 16.7 Å². The molecule has 1 atom stereocenters. The van der Waals surface area contributed by atoms with Crippen LogP contribution in [-0.2, 0) is 7.05 Å². The Morgan fingerprint density at radius 1 is 1.48 bits per heavy atom. The van der Waals surface area contributed by atoms with Gasteiger partial charge in [0.2, 0.25) is 0 Å². The van der Waals surface area contributed by atoms with E-state index < -0.39 is 0 Å². The van der Waals surface area contributed by atoms with Gasteiger partial charge in [-0.2, -0.15) is 5.10 Å². The quantitative estimate of drug-likeness (QED) is 0.724. The van der Waals surface area contributed by atoms with Gasteiger partial charge in [0.25, 0.3) is 0 Å². The zero-order valence-corrected chi connectivity index (χ0v) is 13.7. The molecule has 3 rings (SSSR count). The first kappa shape index (κ1) is 14.4. The summed E-state index contributed by atoms with van der Waals surface area (Å²) in [5.41, 5.74) is 0.758. The minimum absolute atomic E-state index is 0.0141. The van der Waals surface area contributed by atoms with Crippen molar-refractivity contribution in [1.29, 1.82) is 0 Å². The second-order valence-electron chi connectivity index (χ2n) is 4.56. The molecule has 0 radical (unpaired) electrons. The molecule has 0 aliphatic heterocycles. The van der Waals surface area contributed by atoms with Crippen molar-refractivity contribution in [2.45, 2.75) is 12.5 Å². The predicted molar refractivity (Wildman–Crippen MR) is 86.4 cm³/mol. The van der Waals surface area contributed by atoms with Crippen LogP contribution in [0.4, 0.5) is 5.82 Å². The number of halogens is 1. The molecule has 0 spiro atoms. The maximum atomic E-state index is 9.29. The summed E-state index contributed by atoms with van der Waals surface area (Å²) in [6, 6.07) is 4.07. The van der Waals surface area contributed by atoms with E-state index in [1.54, 1.807) is 16.0 Å². The summed E-state index contributed by atoms with van der Waals surface area (Å²) in [6.07, 6.45) is 2.13. The van der Waals surface area contributed by atoms with Gasteiger partial charge < -0.3 is 10.4 Å². The van der Waals surface area contributed by atoms with Gasteiger partial charge in [0.15, 0.2) is 5.65 Å². The third kappa shape index (κ3) is 2.78. The van der Waals surface area contributed by atoms with E-state index in [0.29, 0.717) is 16.8 Å². The summed E-state index contributed by atoms with van der Waals surface area (Å²) in [7, 11) is 1.84.